The number of aliphatic imine (C=N–C) groups is 1. The highest BCUT2D eigenvalue weighted by Gasteiger charge is 2.23. The molecule has 0 aliphatic carbocycles. The van der Waals surface area contributed by atoms with Gasteiger partial charge in [0, 0.05) is 16.8 Å². The molecule has 1 aliphatic rings. The van der Waals surface area contributed by atoms with Gasteiger partial charge in [-0.05, 0) is 55.0 Å². The van der Waals surface area contributed by atoms with Crippen LogP contribution in [0, 0.1) is 0 Å². The molecule has 26 heavy (non-hydrogen) atoms. The fraction of sp³-hybridized carbons (Fsp3) is 0.167. The molecule has 1 atom stereocenters. The molecule has 4 rings (SSSR count). The molecule has 0 radical (unpaired) electrons. The smallest absolute Gasteiger partial charge is 0.193 e. The summed E-state index contributed by atoms with van der Waals surface area (Å²) >= 11 is 0. The summed E-state index contributed by atoms with van der Waals surface area (Å²) in [5, 5.41) is 0. The van der Waals surface area contributed by atoms with Crippen LogP contribution in [-0.4, -0.2) is 11.5 Å². The molecular formula is C24H21NO. The van der Waals surface area contributed by atoms with Gasteiger partial charge in [0.05, 0.1) is 5.69 Å². The molecule has 0 N–H and O–H groups in total. The van der Waals surface area contributed by atoms with Gasteiger partial charge in [0.15, 0.2) is 5.78 Å². The summed E-state index contributed by atoms with van der Waals surface area (Å²) in [6.45, 7) is 2.09. The highest BCUT2D eigenvalue weighted by atomic mass is 16.1. The number of hydrogen-bond acceptors (Lipinski definition) is 2. The highest BCUT2D eigenvalue weighted by Crippen LogP contribution is 2.37. The van der Waals surface area contributed by atoms with Crippen molar-refractivity contribution in [2.45, 2.75) is 25.7 Å². The van der Waals surface area contributed by atoms with E-state index in [0.717, 1.165) is 35.4 Å². The van der Waals surface area contributed by atoms with E-state index in [1.165, 1.54) is 11.1 Å². The van der Waals surface area contributed by atoms with Gasteiger partial charge in [0.1, 0.15) is 0 Å². The fourth-order valence-electron chi connectivity index (χ4n) is 3.68. The minimum atomic E-state index is 0.0677. The van der Waals surface area contributed by atoms with Crippen molar-refractivity contribution < 1.29 is 4.79 Å². The Morgan fingerprint density at radius 3 is 2.35 bits per heavy atom. The Labute approximate surface area is 154 Å². The van der Waals surface area contributed by atoms with E-state index in [-0.39, 0.29) is 5.78 Å². The van der Waals surface area contributed by atoms with Crippen LogP contribution in [0.25, 0.3) is 0 Å². The molecule has 0 bridgehead atoms. The van der Waals surface area contributed by atoms with Gasteiger partial charge in [-0.15, -0.1) is 0 Å². The number of nitrogens with zero attached hydrogens (tertiary/aromatic N) is 1. The first kappa shape index (κ1) is 16.5. The third-order valence-corrected chi connectivity index (χ3v) is 4.94. The first-order chi connectivity index (χ1) is 12.7. The summed E-state index contributed by atoms with van der Waals surface area (Å²) < 4.78 is 0. The van der Waals surface area contributed by atoms with Crippen LogP contribution >= 0.6 is 0 Å². The quantitative estimate of drug-likeness (QED) is 0.557. The molecule has 2 heteroatoms. The molecule has 0 spiro atoms. The van der Waals surface area contributed by atoms with Gasteiger partial charge in [-0.3, -0.25) is 9.79 Å². The normalized spacial score (nSPS) is 15.9. The average molecular weight is 339 g/mol. The number of carbonyl (C=O) groups excluding carboxylic acids is 1. The molecule has 0 aromatic heterocycles. The van der Waals surface area contributed by atoms with Gasteiger partial charge in [-0.1, -0.05) is 60.7 Å². The Morgan fingerprint density at radius 1 is 0.923 bits per heavy atom. The van der Waals surface area contributed by atoms with Crippen molar-refractivity contribution in [1.29, 1.82) is 0 Å². The van der Waals surface area contributed by atoms with Crippen LogP contribution in [-0.2, 0) is 6.42 Å². The molecule has 1 heterocycles. The van der Waals surface area contributed by atoms with Crippen molar-refractivity contribution in [2.24, 2.45) is 4.99 Å². The second kappa shape index (κ2) is 7.09. The van der Waals surface area contributed by atoms with Crippen LogP contribution in [0.2, 0.25) is 0 Å². The second-order valence-corrected chi connectivity index (χ2v) is 6.91. The van der Waals surface area contributed by atoms with Gasteiger partial charge < -0.3 is 0 Å². The van der Waals surface area contributed by atoms with E-state index in [2.05, 4.69) is 31.2 Å². The molecule has 2 nitrogen and oxygen atoms in total. The van der Waals surface area contributed by atoms with E-state index in [9.17, 15) is 4.79 Å². The summed E-state index contributed by atoms with van der Waals surface area (Å²) in [7, 11) is 0. The lowest BCUT2D eigenvalue weighted by Crippen LogP contribution is -2.13. The zero-order valence-electron chi connectivity index (χ0n) is 14.9. The van der Waals surface area contributed by atoms with Crippen LogP contribution in [0.15, 0.2) is 83.9 Å². The highest BCUT2D eigenvalue weighted by molar-refractivity contribution is 6.09. The predicted octanol–water partition coefficient (Wildman–Crippen LogP) is 5.74. The van der Waals surface area contributed by atoms with Gasteiger partial charge in [-0.2, -0.15) is 0 Å². The van der Waals surface area contributed by atoms with Crippen molar-refractivity contribution in [1.82, 2.24) is 0 Å². The van der Waals surface area contributed by atoms with E-state index >= 15 is 0 Å². The number of carbonyl (C=O) groups is 1. The topological polar surface area (TPSA) is 29.4 Å². The lowest BCUT2D eigenvalue weighted by atomic mass is 9.83. The lowest BCUT2D eigenvalue weighted by Gasteiger charge is -2.24. The molecule has 0 saturated heterocycles. The Kier molecular flexibility index (Phi) is 4.49. The largest absolute Gasteiger partial charge is 0.289 e. The van der Waals surface area contributed by atoms with Crippen molar-refractivity contribution in [3.05, 3.63) is 101 Å². The Bertz CT molecular complexity index is 958. The SMILES string of the molecule is CC1=Nc2ccc(C(=O)c3ccccc3)cc2C(Cc2ccccc2)C1. The van der Waals surface area contributed by atoms with Crippen molar-refractivity contribution in [3.63, 3.8) is 0 Å². The molecule has 3 aromatic carbocycles. The van der Waals surface area contributed by atoms with Crippen LogP contribution < -0.4 is 0 Å². The molecule has 3 aromatic rings. The maximum absolute atomic E-state index is 12.8. The average Bonchev–Trinajstić information content (AvgIpc) is 2.68. The summed E-state index contributed by atoms with van der Waals surface area (Å²) in [5.41, 5.74) is 6.12. The number of rotatable bonds is 4. The van der Waals surface area contributed by atoms with Crippen LogP contribution in [0.5, 0.6) is 0 Å². The summed E-state index contributed by atoms with van der Waals surface area (Å²) in [4.78, 5) is 17.5. The molecule has 1 unspecified atom stereocenters. The monoisotopic (exact) mass is 339 g/mol. The van der Waals surface area contributed by atoms with Gasteiger partial charge in [0.2, 0.25) is 0 Å². The van der Waals surface area contributed by atoms with Gasteiger partial charge in [-0.25, -0.2) is 0 Å². The van der Waals surface area contributed by atoms with E-state index < -0.39 is 0 Å². The number of fused-ring (bicyclic) bond motifs is 1. The number of hydrogen-bond donors (Lipinski definition) is 0. The van der Waals surface area contributed by atoms with Crippen LogP contribution in [0.4, 0.5) is 5.69 Å². The maximum Gasteiger partial charge on any atom is 0.193 e. The standard InChI is InChI=1S/C24H21NO/c1-17-14-21(15-18-8-4-2-5-9-18)22-16-20(12-13-23(22)25-17)24(26)19-10-6-3-7-11-19/h2-13,16,21H,14-15H2,1H3. The number of benzene rings is 3. The van der Waals surface area contributed by atoms with Crippen LogP contribution in [0.1, 0.15) is 46.3 Å². The third kappa shape index (κ3) is 3.36. The van der Waals surface area contributed by atoms with E-state index in [1.54, 1.807) is 0 Å². The minimum Gasteiger partial charge on any atom is -0.289 e. The minimum absolute atomic E-state index is 0.0677. The van der Waals surface area contributed by atoms with Crippen molar-refractivity contribution in [3.8, 4) is 0 Å². The molecule has 0 fully saturated rings. The van der Waals surface area contributed by atoms with Gasteiger partial charge in [0.25, 0.3) is 0 Å². The van der Waals surface area contributed by atoms with Crippen LogP contribution in [0.3, 0.4) is 0 Å². The Hall–Kier alpha value is -3.00. The molecule has 1 aliphatic heterocycles. The predicted molar refractivity (Wildman–Crippen MR) is 107 cm³/mol. The van der Waals surface area contributed by atoms with E-state index in [1.807, 2.05) is 54.6 Å². The fourth-order valence-corrected chi connectivity index (χ4v) is 3.68. The second-order valence-electron chi connectivity index (χ2n) is 6.91. The van der Waals surface area contributed by atoms with Crippen molar-refractivity contribution in [2.75, 3.05) is 0 Å². The molecular weight excluding hydrogens is 318 g/mol. The first-order valence-electron chi connectivity index (χ1n) is 9.02. The van der Waals surface area contributed by atoms with E-state index in [4.69, 9.17) is 4.99 Å². The lowest BCUT2D eigenvalue weighted by molar-refractivity contribution is 0.103. The zero-order valence-corrected chi connectivity index (χ0v) is 14.9. The van der Waals surface area contributed by atoms with Crippen molar-refractivity contribution >= 4 is 17.2 Å². The third-order valence-electron chi connectivity index (χ3n) is 4.94. The number of ketones is 1. The Morgan fingerprint density at radius 2 is 1.62 bits per heavy atom. The maximum atomic E-state index is 12.8. The Balaban J connectivity index is 1.70. The first-order valence-corrected chi connectivity index (χ1v) is 9.02. The molecule has 0 amide bonds. The summed E-state index contributed by atoms with van der Waals surface area (Å²) in [5.74, 6) is 0.423. The molecule has 0 saturated carbocycles. The molecule has 128 valence electrons. The van der Waals surface area contributed by atoms with Gasteiger partial charge >= 0.3 is 0 Å². The zero-order chi connectivity index (χ0) is 17.9. The summed E-state index contributed by atoms with van der Waals surface area (Å²) in [6.07, 6.45) is 1.90. The van der Waals surface area contributed by atoms with E-state index in [0.29, 0.717) is 5.92 Å². The summed E-state index contributed by atoms with van der Waals surface area (Å²) in [6, 6.07) is 25.9.